The minimum absolute atomic E-state index is 0.0160. The molecule has 0 bridgehead atoms. The lowest BCUT2D eigenvalue weighted by molar-refractivity contribution is 0.170. The highest BCUT2D eigenvalue weighted by atomic mass is 79.9. The van der Waals surface area contributed by atoms with Crippen LogP contribution in [-0.2, 0) is 6.54 Å². The average Bonchev–Trinajstić information content (AvgIpc) is 2.54. The Bertz CT molecular complexity index is 627. The van der Waals surface area contributed by atoms with E-state index in [2.05, 4.69) is 63.3 Å². The lowest BCUT2D eigenvalue weighted by Crippen LogP contribution is -2.42. The number of rotatable bonds is 3. The Balaban J connectivity index is 2.52. The number of pyridine rings is 1. The van der Waals surface area contributed by atoms with Gasteiger partial charge in [-0.25, -0.2) is 4.98 Å². The van der Waals surface area contributed by atoms with Gasteiger partial charge in [-0.05, 0) is 62.2 Å². The van der Waals surface area contributed by atoms with E-state index in [1.54, 1.807) is 6.20 Å². The van der Waals surface area contributed by atoms with Crippen molar-refractivity contribution in [3.63, 3.8) is 0 Å². The predicted molar refractivity (Wildman–Crippen MR) is 80.4 cm³/mol. The maximum Gasteiger partial charge on any atom is 0.179 e. The van der Waals surface area contributed by atoms with E-state index in [0.717, 1.165) is 22.2 Å². The molecule has 0 saturated carbocycles. The minimum Gasteiger partial charge on any atom is -0.329 e. The van der Waals surface area contributed by atoms with Gasteiger partial charge in [-0.3, -0.25) is 4.57 Å². The van der Waals surface area contributed by atoms with Gasteiger partial charge < -0.3 is 9.88 Å². The van der Waals surface area contributed by atoms with Crippen LogP contribution in [0.25, 0.3) is 11.2 Å². The molecule has 0 fully saturated rings. The fourth-order valence-corrected chi connectivity index (χ4v) is 2.29. The first-order chi connectivity index (χ1) is 8.31. The summed E-state index contributed by atoms with van der Waals surface area (Å²) in [6.45, 7) is 5.17. The first-order valence-corrected chi connectivity index (χ1v) is 6.93. The molecule has 2 aromatic heterocycles. The number of imidazole rings is 1. The fourth-order valence-electron chi connectivity index (χ4n) is 1.69. The van der Waals surface area contributed by atoms with Gasteiger partial charge in [0.1, 0.15) is 0 Å². The summed E-state index contributed by atoms with van der Waals surface area (Å²) in [6.07, 6.45) is 1.80. The number of fused-ring (bicyclic) bond motifs is 1. The number of aromatic amines is 1. The minimum atomic E-state index is 0.0160. The molecule has 0 aliphatic carbocycles. The Labute approximate surface area is 120 Å². The van der Waals surface area contributed by atoms with Crippen molar-refractivity contribution in [3.05, 3.63) is 21.5 Å². The maximum absolute atomic E-state index is 5.38. The normalized spacial score (nSPS) is 12.6. The van der Waals surface area contributed by atoms with Crippen LogP contribution in [0.2, 0.25) is 0 Å². The highest BCUT2D eigenvalue weighted by Gasteiger charge is 2.22. The number of nitrogens with one attached hydrogen (secondary N) is 1. The van der Waals surface area contributed by atoms with Crippen molar-refractivity contribution in [2.45, 2.75) is 25.9 Å². The molecule has 98 valence electrons. The topological polar surface area (TPSA) is 36.9 Å². The Morgan fingerprint density at radius 3 is 2.78 bits per heavy atom. The highest BCUT2D eigenvalue weighted by molar-refractivity contribution is 9.10. The molecule has 0 radical (unpaired) electrons. The number of hydrogen-bond acceptors (Lipinski definition) is 3. The number of likely N-dealkylation sites (N-methyl/N-ethyl adjacent to an activating group) is 1. The van der Waals surface area contributed by atoms with Crippen LogP contribution in [0.1, 0.15) is 13.8 Å². The number of H-pyrrole nitrogens is 1. The van der Waals surface area contributed by atoms with Crippen LogP contribution < -0.4 is 0 Å². The van der Waals surface area contributed by atoms with Gasteiger partial charge in [-0.15, -0.1) is 0 Å². The van der Waals surface area contributed by atoms with Crippen molar-refractivity contribution < 1.29 is 0 Å². The molecule has 2 heterocycles. The maximum atomic E-state index is 5.38. The second-order valence-electron chi connectivity index (χ2n) is 5.25. The Hall–Kier alpha value is -0.720. The first-order valence-electron chi connectivity index (χ1n) is 5.73. The SMILES string of the molecule is CN(C)C(C)(C)Cn1c(=S)[nH]c2cc(Br)cnc21. The summed E-state index contributed by atoms with van der Waals surface area (Å²) in [7, 11) is 4.14. The summed E-state index contributed by atoms with van der Waals surface area (Å²) in [5.74, 6) is 0. The van der Waals surface area contributed by atoms with Gasteiger partial charge in [-0.2, -0.15) is 0 Å². The molecule has 18 heavy (non-hydrogen) atoms. The monoisotopic (exact) mass is 328 g/mol. The molecular weight excluding hydrogens is 312 g/mol. The predicted octanol–water partition coefficient (Wildman–Crippen LogP) is 3.20. The molecule has 4 nitrogen and oxygen atoms in total. The lowest BCUT2D eigenvalue weighted by Gasteiger charge is -2.32. The van der Waals surface area contributed by atoms with E-state index in [1.165, 1.54) is 0 Å². The Morgan fingerprint density at radius 2 is 2.17 bits per heavy atom. The van der Waals surface area contributed by atoms with Crippen molar-refractivity contribution in [2.24, 2.45) is 0 Å². The molecule has 6 heteroatoms. The van der Waals surface area contributed by atoms with E-state index in [1.807, 2.05) is 6.07 Å². The number of halogens is 1. The molecule has 2 rings (SSSR count). The smallest absolute Gasteiger partial charge is 0.179 e. The average molecular weight is 329 g/mol. The number of hydrogen-bond donors (Lipinski definition) is 1. The third-order valence-corrected chi connectivity index (χ3v) is 4.09. The van der Waals surface area contributed by atoms with Crippen molar-refractivity contribution in [1.29, 1.82) is 0 Å². The van der Waals surface area contributed by atoms with Crippen LogP contribution in [0.3, 0.4) is 0 Å². The molecule has 0 amide bonds. The Kier molecular flexibility index (Phi) is 3.62. The van der Waals surface area contributed by atoms with Crippen molar-refractivity contribution in [2.75, 3.05) is 14.1 Å². The first kappa shape index (κ1) is 13.7. The standard InChI is InChI=1S/C12H17BrN4S/c1-12(2,16(3)4)7-17-10-9(15-11(17)18)5-8(13)6-14-10/h5-6H,7H2,1-4H3,(H,15,18). The summed E-state index contributed by atoms with van der Waals surface area (Å²) >= 11 is 8.80. The van der Waals surface area contributed by atoms with Crippen LogP contribution in [0.15, 0.2) is 16.7 Å². The second kappa shape index (κ2) is 4.75. The summed E-state index contributed by atoms with van der Waals surface area (Å²) in [4.78, 5) is 9.83. The van der Waals surface area contributed by atoms with Gasteiger partial charge in [0.25, 0.3) is 0 Å². The molecule has 0 atom stereocenters. The summed E-state index contributed by atoms with van der Waals surface area (Å²) in [5.41, 5.74) is 1.88. The third-order valence-electron chi connectivity index (χ3n) is 3.33. The third kappa shape index (κ3) is 2.50. The van der Waals surface area contributed by atoms with Gasteiger partial charge in [0, 0.05) is 22.8 Å². The summed E-state index contributed by atoms with van der Waals surface area (Å²) < 4.78 is 3.72. The number of aromatic nitrogens is 3. The summed E-state index contributed by atoms with van der Waals surface area (Å²) in [6, 6.07) is 2.00. The molecular formula is C12H17BrN4S. The molecule has 0 unspecified atom stereocenters. The van der Waals surface area contributed by atoms with E-state index >= 15 is 0 Å². The van der Waals surface area contributed by atoms with Crippen LogP contribution in [0.4, 0.5) is 0 Å². The highest BCUT2D eigenvalue weighted by Crippen LogP contribution is 2.20. The van der Waals surface area contributed by atoms with E-state index in [0.29, 0.717) is 4.77 Å². The molecule has 0 saturated heterocycles. The van der Waals surface area contributed by atoms with E-state index in [4.69, 9.17) is 12.2 Å². The van der Waals surface area contributed by atoms with Crippen LogP contribution in [0.5, 0.6) is 0 Å². The largest absolute Gasteiger partial charge is 0.329 e. The quantitative estimate of drug-likeness (QED) is 0.879. The molecule has 2 aromatic rings. The Morgan fingerprint density at radius 1 is 1.50 bits per heavy atom. The lowest BCUT2D eigenvalue weighted by atomic mass is 10.0. The summed E-state index contributed by atoms with van der Waals surface area (Å²) in [5, 5.41) is 0. The van der Waals surface area contributed by atoms with Gasteiger partial charge in [0.05, 0.1) is 5.52 Å². The van der Waals surface area contributed by atoms with E-state index in [9.17, 15) is 0 Å². The van der Waals surface area contributed by atoms with Crippen LogP contribution in [0, 0.1) is 4.77 Å². The van der Waals surface area contributed by atoms with Gasteiger partial charge in [-0.1, -0.05) is 0 Å². The van der Waals surface area contributed by atoms with Gasteiger partial charge >= 0.3 is 0 Å². The molecule has 0 aromatic carbocycles. The molecule has 0 aliphatic rings. The fraction of sp³-hybridized carbons (Fsp3) is 0.500. The second-order valence-corrected chi connectivity index (χ2v) is 6.55. The number of nitrogens with zero attached hydrogens (tertiary/aromatic N) is 3. The zero-order valence-corrected chi connectivity index (χ0v) is 13.4. The van der Waals surface area contributed by atoms with Gasteiger partial charge in [0.15, 0.2) is 10.4 Å². The van der Waals surface area contributed by atoms with Crippen LogP contribution >= 0.6 is 28.1 Å². The van der Waals surface area contributed by atoms with Crippen molar-refractivity contribution in [1.82, 2.24) is 19.4 Å². The zero-order valence-electron chi connectivity index (χ0n) is 11.0. The van der Waals surface area contributed by atoms with Crippen molar-refractivity contribution >= 4 is 39.3 Å². The molecule has 1 N–H and O–H groups in total. The van der Waals surface area contributed by atoms with Crippen molar-refractivity contribution in [3.8, 4) is 0 Å². The van der Waals surface area contributed by atoms with E-state index in [-0.39, 0.29) is 5.54 Å². The molecule has 0 spiro atoms. The zero-order chi connectivity index (χ0) is 13.5. The van der Waals surface area contributed by atoms with Crippen LogP contribution in [-0.4, -0.2) is 39.1 Å². The van der Waals surface area contributed by atoms with E-state index < -0.39 is 0 Å². The van der Waals surface area contributed by atoms with Gasteiger partial charge in [0.2, 0.25) is 0 Å². The molecule has 0 aliphatic heterocycles.